The molecular weight excluding hydrogens is 402 g/mol. The first kappa shape index (κ1) is 23.3. The zero-order valence-corrected chi connectivity index (χ0v) is 16.7. The van der Waals surface area contributed by atoms with Crippen LogP contribution in [-0.2, 0) is 4.79 Å². The van der Waals surface area contributed by atoms with E-state index in [2.05, 4.69) is 16.0 Å². The molecule has 0 aliphatic rings. The van der Waals surface area contributed by atoms with Gasteiger partial charge in [-0.15, -0.1) is 0 Å². The van der Waals surface area contributed by atoms with Gasteiger partial charge in [0.25, 0.3) is 5.91 Å². The summed E-state index contributed by atoms with van der Waals surface area (Å²) in [4.78, 5) is 23.9. The molecule has 0 aliphatic heterocycles. The van der Waals surface area contributed by atoms with Crippen LogP contribution in [0.1, 0.15) is 42.7 Å². The quantitative estimate of drug-likeness (QED) is 0.608. The van der Waals surface area contributed by atoms with Gasteiger partial charge in [-0.1, -0.05) is 12.1 Å². The molecule has 9 heteroatoms. The van der Waals surface area contributed by atoms with Crippen molar-refractivity contribution in [2.75, 3.05) is 11.9 Å². The maximum atomic E-state index is 13.4. The number of hydrogen-bond acceptors (Lipinski definition) is 3. The van der Waals surface area contributed by atoms with E-state index in [-0.39, 0.29) is 23.4 Å². The van der Waals surface area contributed by atoms with Crippen molar-refractivity contribution in [1.29, 1.82) is 0 Å². The zero-order valence-electron chi connectivity index (χ0n) is 16.7. The van der Waals surface area contributed by atoms with Crippen LogP contribution >= 0.6 is 0 Å². The van der Waals surface area contributed by atoms with Gasteiger partial charge in [0.05, 0.1) is 6.54 Å². The molecule has 0 radical (unpaired) electrons. The molecule has 2 aromatic carbocycles. The summed E-state index contributed by atoms with van der Waals surface area (Å²) < 4.78 is 53.0. The Morgan fingerprint density at radius 1 is 0.933 bits per heavy atom. The van der Waals surface area contributed by atoms with Gasteiger partial charge in [0.15, 0.2) is 0 Å². The highest BCUT2D eigenvalue weighted by Gasteiger charge is 2.42. The van der Waals surface area contributed by atoms with E-state index in [4.69, 9.17) is 0 Å². The lowest BCUT2D eigenvalue weighted by atomic mass is 10.0. The lowest BCUT2D eigenvalue weighted by molar-refractivity contribution is -0.161. The minimum absolute atomic E-state index is 0.0139. The van der Waals surface area contributed by atoms with Gasteiger partial charge in [-0.2, -0.15) is 13.2 Å². The summed E-state index contributed by atoms with van der Waals surface area (Å²) in [6.45, 7) is 4.57. The summed E-state index contributed by atoms with van der Waals surface area (Å²) in [7, 11) is 0. The van der Waals surface area contributed by atoms with Crippen LogP contribution in [-0.4, -0.2) is 30.1 Å². The van der Waals surface area contributed by atoms with Crippen molar-refractivity contribution >= 4 is 17.5 Å². The van der Waals surface area contributed by atoms with Gasteiger partial charge in [-0.25, -0.2) is 4.39 Å². The van der Waals surface area contributed by atoms with Gasteiger partial charge in [-0.3, -0.25) is 14.9 Å². The highest BCUT2D eigenvalue weighted by atomic mass is 19.4. The van der Waals surface area contributed by atoms with Crippen LogP contribution in [0.5, 0.6) is 0 Å². The van der Waals surface area contributed by atoms with Crippen LogP contribution in [0.4, 0.5) is 23.2 Å². The maximum absolute atomic E-state index is 13.4. The van der Waals surface area contributed by atoms with Crippen molar-refractivity contribution in [3.8, 4) is 0 Å². The molecule has 1 unspecified atom stereocenters. The standard InChI is InChI=1S/C21H23F4N3O2/c1-20(2,3)28-18(21(23,24)25)13-6-10-16(11-7-13)27-17(29)12-26-19(30)14-4-8-15(22)9-5-14/h4-11,18,28H,12H2,1-3H3,(H,26,30)(H,27,29). The number of halogens is 4. The molecule has 0 fully saturated rings. The molecule has 2 rings (SSSR count). The lowest BCUT2D eigenvalue weighted by Crippen LogP contribution is -2.45. The second kappa shape index (κ2) is 9.25. The molecule has 0 aliphatic carbocycles. The lowest BCUT2D eigenvalue weighted by Gasteiger charge is -2.30. The van der Waals surface area contributed by atoms with Crippen LogP contribution < -0.4 is 16.0 Å². The maximum Gasteiger partial charge on any atom is 0.407 e. The fourth-order valence-corrected chi connectivity index (χ4v) is 2.62. The monoisotopic (exact) mass is 425 g/mol. The van der Waals surface area contributed by atoms with Gasteiger partial charge < -0.3 is 10.6 Å². The van der Waals surface area contributed by atoms with E-state index in [0.717, 1.165) is 12.1 Å². The normalized spacial score (nSPS) is 12.9. The van der Waals surface area contributed by atoms with Crippen LogP contribution in [0.25, 0.3) is 0 Å². The Morgan fingerprint density at radius 2 is 1.50 bits per heavy atom. The van der Waals surface area contributed by atoms with Crippen LogP contribution in [0.15, 0.2) is 48.5 Å². The van der Waals surface area contributed by atoms with Gasteiger partial charge in [0, 0.05) is 16.8 Å². The largest absolute Gasteiger partial charge is 0.407 e. The van der Waals surface area contributed by atoms with Crippen molar-refractivity contribution in [1.82, 2.24) is 10.6 Å². The second-order valence-electron chi connectivity index (χ2n) is 7.73. The van der Waals surface area contributed by atoms with Crippen molar-refractivity contribution in [2.24, 2.45) is 0 Å². The van der Waals surface area contributed by atoms with E-state index in [9.17, 15) is 27.2 Å². The molecule has 0 heterocycles. The number of carbonyl (C=O) groups excluding carboxylic acids is 2. The summed E-state index contributed by atoms with van der Waals surface area (Å²) in [5.74, 6) is -1.60. The molecule has 0 spiro atoms. The molecule has 1 atom stereocenters. The Bertz CT molecular complexity index is 873. The number of hydrogen-bond donors (Lipinski definition) is 3. The minimum Gasteiger partial charge on any atom is -0.343 e. The molecular formula is C21H23F4N3O2. The van der Waals surface area contributed by atoms with E-state index in [1.54, 1.807) is 20.8 Å². The fraction of sp³-hybridized carbons (Fsp3) is 0.333. The number of carbonyl (C=O) groups is 2. The Hall–Kier alpha value is -2.94. The van der Waals surface area contributed by atoms with Crippen LogP contribution in [0, 0.1) is 5.82 Å². The van der Waals surface area contributed by atoms with Crippen molar-refractivity contribution in [2.45, 2.75) is 38.5 Å². The molecule has 0 aromatic heterocycles. The summed E-state index contributed by atoms with van der Waals surface area (Å²) in [6, 6.07) is 8.24. The van der Waals surface area contributed by atoms with Gasteiger partial charge in [0.1, 0.15) is 11.9 Å². The Morgan fingerprint density at radius 3 is 2.00 bits per heavy atom. The van der Waals surface area contributed by atoms with Crippen molar-refractivity contribution in [3.05, 3.63) is 65.5 Å². The highest BCUT2D eigenvalue weighted by molar-refractivity contribution is 5.99. The number of nitrogens with one attached hydrogen (secondary N) is 3. The Kier molecular flexibility index (Phi) is 7.20. The van der Waals surface area contributed by atoms with Crippen LogP contribution in [0.3, 0.4) is 0 Å². The van der Waals surface area contributed by atoms with Gasteiger partial charge >= 0.3 is 6.18 Å². The smallest absolute Gasteiger partial charge is 0.343 e. The zero-order chi connectivity index (χ0) is 22.5. The van der Waals surface area contributed by atoms with Crippen LogP contribution in [0.2, 0.25) is 0 Å². The van der Waals surface area contributed by atoms with E-state index < -0.39 is 35.4 Å². The number of benzene rings is 2. The van der Waals surface area contributed by atoms with E-state index >= 15 is 0 Å². The molecule has 0 saturated carbocycles. The first-order valence-electron chi connectivity index (χ1n) is 9.13. The topological polar surface area (TPSA) is 70.2 Å². The number of amides is 2. The second-order valence-corrected chi connectivity index (χ2v) is 7.73. The summed E-state index contributed by atoms with van der Waals surface area (Å²) in [6.07, 6.45) is -4.48. The van der Waals surface area contributed by atoms with Gasteiger partial charge in [-0.05, 0) is 62.7 Å². The third kappa shape index (κ3) is 7.14. The molecule has 162 valence electrons. The minimum atomic E-state index is -4.48. The molecule has 3 N–H and O–H groups in total. The summed E-state index contributed by atoms with van der Waals surface area (Å²) in [5.41, 5.74) is -0.259. The third-order valence-electron chi connectivity index (χ3n) is 3.95. The first-order chi connectivity index (χ1) is 13.8. The number of rotatable bonds is 6. The summed E-state index contributed by atoms with van der Waals surface area (Å²) >= 11 is 0. The SMILES string of the molecule is CC(C)(C)NC(c1ccc(NC(=O)CNC(=O)c2ccc(F)cc2)cc1)C(F)(F)F. The van der Waals surface area contributed by atoms with Crippen molar-refractivity contribution < 1.29 is 27.2 Å². The molecule has 2 amide bonds. The van der Waals surface area contributed by atoms with Gasteiger partial charge in [0.2, 0.25) is 5.91 Å². The molecule has 0 saturated heterocycles. The highest BCUT2D eigenvalue weighted by Crippen LogP contribution is 2.34. The predicted octanol–water partition coefficient (Wildman–Crippen LogP) is 4.19. The Labute approximate surface area is 171 Å². The van der Waals surface area contributed by atoms with Crippen molar-refractivity contribution in [3.63, 3.8) is 0 Å². The molecule has 2 aromatic rings. The van der Waals surface area contributed by atoms with E-state index in [1.807, 2.05) is 0 Å². The van der Waals surface area contributed by atoms with E-state index in [1.165, 1.54) is 36.4 Å². The molecule has 0 bridgehead atoms. The van der Waals surface area contributed by atoms with E-state index in [0.29, 0.717) is 0 Å². The molecule has 5 nitrogen and oxygen atoms in total. The summed E-state index contributed by atoms with van der Waals surface area (Å²) in [5, 5.41) is 7.42. The third-order valence-corrected chi connectivity index (χ3v) is 3.95. The number of alkyl halides is 3. The average Bonchev–Trinajstić information content (AvgIpc) is 2.64. The molecule has 30 heavy (non-hydrogen) atoms. The predicted molar refractivity (Wildman–Crippen MR) is 105 cm³/mol. The number of anilines is 1. The Balaban J connectivity index is 1.96. The fourth-order valence-electron chi connectivity index (χ4n) is 2.62. The first-order valence-corrected chi connectivity index (χ1v) is 9.13. The average molecular weight is 425 g/mol.